The van der Waals surface area contributed by atoms with Crippen molar-refractivity contribution in [1.82, 2.24) is 9.80 Å². The lowest BCUT2D eigenvalue weighted by atomic mass is 10.1. The van der Waals surface area contributed by atoms with Gasteiger partial charge in [0, 0.05) is 31.6 Å². The summed E-state index contributed by atoms with van der Waals surface area (Å²) in [7, 11) is 0. The minimum absolute atomic E-state index is 0. The molecule has 138 valence electrons. The summed E-state index contributed by atoms with van der Waals surface area (Å²) < 4.78 is 6.02. The standard InChI is InChI=1S/C20H27ClN2O.ClH/c1-2-22-12-14-23(15-13-22)11-5-6-16-24-20-18-8-4-3-7-17(18)9-10-19(20)21;/h3-4,7-10H,2,5-6,11-16H2,1H3;1H. The molecule has 25 heavy (non-hydrogen) atoms. The maximum Gasteiger partial charge on any atom is 0.145 e. The topological polar surface area (TPSA) is 15.7 Å². The third-order valence-corrected chi connectivity index (χ3v) is 5.16. The molecule has 0 unspecified atom stereocenters. The Morgan fingerprint density at radius 2 is 1.68 bits per heavy atom. The highest BCUT2D eigenvalue weighted by Crippen LogP contribution is 2.33. The number of ether oxygens (including phenoxy) is 1. The molecule has 0 amide bonds. The number of benzene rings is 2. The number of unbranched alkanes of at least 4 members (excludes halogenated alkanes) is 1. The molecular weight excluding hydrogens is 355 g/mol. The number of hydrogen-bond acceptors (Lipinski definition) is 3. The number of nitrogens with zero attached hydrogens (tertiary/aromatic N) is 2. The molecule has 0 aliphatic carbocycles. The Kier molecular flexibility index (Phi) is 8.31. The van der Waals surface area contributed by atoms with E-state index in [0.717, 1.165) is 24.2 Å². The second kappa shape index (κ2) is 10.2. The van der Waals surface area contributed by atoms with E-state index in [9.17, 15) is 0 Å². The summed E-state index contributed by atoms with van der Waals surface area (Å²) in [5, 5.41) is 2.97. The Morgan fingerprint density at radius 3 is 2.44 bits per heavy atom. The maximum atomic E-state index is 6.33. The lowest BCUT2D eigenvalue weighted by molar-refractivity contribution is 0.134. The van der Waals surface area contributed by atoms with E-state index in [4.69, 9.17) is 16.3 Å². The first-order valence-electron chi connectivity index (χ1n) is 9.02. The third-order valence-electron chi connectivity index (χ3n) is 4.86. The average Bonchev–Trinajstić information content (AvgIpc) is 2.63. The molecule has 0 aromatic heterocycles. The summed E-state index contributed by atoms with van der Waals surface area (Å²) in [6.45, 7) is 10.1. The highest BCUT2D eigenvalue weighted by Gasteiger charge is 2.14. The van der Waals surface area contributed by atoms with E-state index in [0.29, 0.717) is 5.02 Å². The van der Waals surface area contributed by atoms with Gasteiger partial charge in [0.15, 0.2) is 0 Å². The van der Waals surface area contributed by atoms with Gasteiger partial charge >= 0.3 is 0 Å². The lowest BCUT2D eigenvalue weighted by Crippen LogP contribution is -2.46. The summed E-state index contributed by atoms with van der Waals surface area (Å²) in [4.78, 5) is 5.08. The molecule has 0 spiro atoms. The molecule has 3 rings (SSSR count). The minimum Gasteiger partial charge on any atom is -0.491 e. The van der Waals surface area contributed by atoms with Crippen molar-refractivity contribution in [1.29, 1.82) is 0 Å². The van der Waals surface area contributed by atoms with Crippen molar-refractivity contribution in [2.75, 3.05) is 45.9 Å². The fraction of sp³-hybridized carbons (Fsp3) is 0.500. The van der Waals surface area contributed by atoms with Gasteiger partial charge in [0.1, 0.15) is 5.75 Å². The van der Waals surface area contributed by atoms with E-state index < -0.39 is 0 Å². The molecule has 3 nitrogen and oxygen atoms in total. The molecule has 0 bridgehead atoms. The van der Waals surface area contributed by atoms with Crippen LogP contribution in [0, 0.1) is 0 Å². The highest BCUT2D eigenvalue weighted by atomic mass is 35.5. The Labute approximate surface area is 162 Å². The van der Waals surface area contributed by atoms with E-state index in [-0.39, 0.29) is 12.4 Å². The monoisotopic (exact) mass is 382 g/mol. The van der Waals surface area contributed by atoms with Gasteiger partial charge in [0.05, 0.1) is 11.6 Å². The van der Waals surface area contributed by atoms with Crippen molar-refractivity contribution in [2.24, 2.45) is 0 Å². The number of piperazine rings is 1. The predicted molar refractivity (Wildman–Crippen MR) is 109 cm³/mol. The van der Waals surface area contributed by atoms with E-state index >= 15 is 0 Å². The Balaban J connectivity index is 0.00000225. The van der Waals surface area contributed by atoms with E-state index in [1.54, 1.807) is 0 Å². The fourth-order valence-corrected chi connectivity index (χ4v) is 3.52. The molecule has 0 saturated carbocycles. The highest BCUT2D eigenvalue weighted by molar-refractivity contribution is 6.33. The average molecular weight is 383 g/mol. The second-order valence-corrected chi connectivity index (χ2v) is 6.84. The van der Waals surface area contributed by atoms with Crippen molar-refractivity contribution >= 4 is 34.8 Å². The van der Waals surface area contributed by atoms with Gasteiger partial charge in [-0.05, 0) is 37.4 Å². The van der Waals surface area contributed by atoms with Crippen LogP contribution in [0.2, 0.25) is 5.02 Å². The molecule has 2 aromatic carbocycles. The van der Waals surface area contributed by atoms with Crippen LogP contribution in [0.5, 0.6) is 5.75 Å². The van der Waals surface area contributed by atoms with E-state index in [1.165, 1.54) is 51.1 Å². The largest absolute Gasteiger partial charge is 0.491 e. The third kappa shape index (κ3) is 5.49. The van der Waals surface area contributed by atoms with Gasteiger partial charge in [0.2, 0.25) is 0 Å². The van der Waals surface area contributed by atoms with Crippen molar-refractivity contribution in [3.8, 4) is 5.75 Å². The van der Waals surface area contributed by atoms with Crippen LogP contribution in [0.15, 0.2) is 36.4 Å². The summed E-state index contributed by atoms with van der Waals surface area (Å²) in [6, 6.07) is 12.2. The van der Waals surface area contributed by atoms with E-state index in [1.807, 2.05) is 24.3 Å². The van der Waals surface area contributed by atoms with Gasteiger partial charge in [-0.1, -0.05) is 48.9 Å². The summed E-state index contributed by atoms with van der Waals surface area (Å²) in [5.74, 6) is 0.825. The normalized spacial score (nSPS) is 15.9. The lowest BCUT2D eigenvalue weighted by Gasteiger charge is -2.33. The van der Waals surface area contributed by atoms with Crippen LogP contribution in [0.3, 0.4) is 0 Å². The van der Waals surface area contributed by atoms with Crippen LogP contribution in [0.4, 0.5) is 0 Å². The Bertz CT molecular complexity index is 657. The maximum absolute atomic E-state index is 6.33. The van der Waals surface area contributed by atoms with Crippen molar-refractivity contribution in [2.45, 2.75) is 19.8 Å². The Morgan fingerprint density at radius 1 is 0.960 bits per heavy atom. The molecule has 1 aliphatic rings. The smallest absolute Gasteiger partial charge is 0.145 e. The number of likely N-dealkylation sites (N-methyl/N-ethyl adjacent to an activating group) is 1. The number of rotatable bonds is 7. The minimum atomic E-state index is 0. The van der Waals surface area contributed by atoms with Crippen LogP contribution in [0.25, 0.3) is 10.8 Å². The zero-order valence-electron chi connectivity index (χ0n) is 14.9. The number of halogens is 2. The molecule has 0 atom stereocenters. The van der Waals surface area contributed by atoms with Crippen molar-refractivity contribution < 1.29 is 4.74 Å². The van der Waals surface area contributed by atoms with Gasteiger partial charge < -0.3 is 14.5 Å². The van der Waals surface area contributed by atoms with Crippen molar-refractivity contribution in [3.63, 3.8) is 0 Å². The first-order valence-corrected chi connectivity index (χ1v) is 9.40. The van der Waals surface area contributed by atoms with E-state index in [2.05, 4.69) is 28.9 Å². The predicted octanol–water partition coefficient (Wildman–Crippen LogP) is 4.71. The zero-order chi connectivity index (χ0) is 16.8. The summed E-state index contributed by atoms with van der Waals surface area (Å²) in [5.41, 5.74) is 0. The van der Waals surface area contributed by atoms with Gasteiger partial charge in [-0.25, -0.2) is 0 Å². The summed E-state index contributed by atoms with van der Waals surface area (Å²) in [6.07, 6.45) is 2.24. The molecule has 2 aromatic rings. The van der Waals surface area contributed by atoms with Gasteiger partial charge in [-0.15, -0.1) is 12.4 Å². The summed E-state index contributed by atoms with van der Waals surface area (Å²) >= 11 is 6.33. The van der Waals surface area contributed by atoms with Crippen LogP contribution in [-0.2, 0) is 0 Å². The van der Waals surface area contributed by atoms with Crippen LogP contribution >= 0.6 is 24.0 Å². The molecule has 1 fully saturated rings. The fourth-order valence-electron chi connectivity index (χ4n) is 3.30. The molecular formula is C20H28Cl2N2O. The van der Waals surface area contributed by atoms with Gasteiger partial charge in [-0.2, -0.15) is 0 Å². The zero-order valence-corrected chi connectivity index (χ0v) is 16.5. The molecule has 1 aliphatic heterocycles. The SMILES string of the molecule is CCN1CCN(CCCCOc2c(Cl)ccc3ccccc23)CC1.Cl. The van der Waals surface area contributed by atoms with Gasteiger partial charge in [0.25, 0.3) is 0 Å². The molecule has 1 saturated heterocycles. The number of fused-ring (bicyclic) bond motifs is 1. The Hall–Kier alpha value is -1.00. The quantitative estimate of drug-likeness (QED) is 0.644. The number of hydrogen-bond donors (Lipinski definition) is 0. The van der Waals surface area contributed by atoms with Crippen molar-refractivity contribution in [3.05, 3.63) is 41.4 Å². The van der Waals surface area contributed by atoms with Crippen LogP contribution in [0.1, 0.15) is 19.8 Å². The second-order valence-electron chi connectivity index (χ2n) is 6.43. The molecule has 0 radical (unpaired) electrons. The molecule has 0 N–H and O–H groups in total. The first-order chi connectivity index (χ1) is 11.8. The molecule has 5 heteroatoms. The van der Waals surface area contributed by atoms with Crippen LogP contribution < -0.4 is 4.74 Å². The molecule has 1 heterocycles. The first kappa shape index (κ1) is 20.3. The van der Waals surface area contributed by atoms with Gasteiger partial charge in [-0.3, -0.25) is 0 Å². The van der Waals surface area contributed by atoms with Crippen LogP contribution in [-0.4, -0.2) is 55.7 Å².